The molecule has 21 heavy (non-hydrogen) atoms. The van der Waals surface area contributed by atoms with Gasteiger partial charge in [0, 0.05) is 25.7 Å². The fourth-order valence-electron chi connectivity index (χ4n) is 3.11. The molecule has 5 nitrogen and oxygen atoms in total. The molecule has 2 rings (SSSR count). The number of hydrogen-bond acceptors (Lipinski definition) is 3. The third-order valence-corrected chi connectivity index (χ3v) is 4.37. The summed E-state index contributed by atoms with van der Waals surface area (Å²) in [6.07, 6.45) is 1.90. The van der Waals surface area contributed by atoms with E-state index in [1.165, 1.54) is 0 Å². The van der Waals surface area contributed by atoms with Gasteiger partial charge < -0.3 is 10.2 Å². The molecule has 1 N–H and O–H groups in total. The molecule has 2 heterocycles. The van der Waals surface area contributed by atoms with Crippen molar-refractivity contribution in [3.05, 3.63) is 17.5 Å². The largest absolute Gasteiger partial charge is 0.337 e. The second kappa shape index (κ2) is 7.07. The minimum atomic E-state index is 0.130. The molecular formula is C16H28N4O. The van der Waals surface area contributed by atoms with Crippen LogP contribution in [0.4, 0.5) is 0 Å². The quantitative estimate of drug-likeness (QED) is 0.902. The zero-order valence-corrected chi connectivity index (χ0v) is 13.7. The molecule has 0 aromatic carbocycles. The van der Waals surface area contributed by atoms with E-state index in [0.29, 0.717) is 12.0 Å². The lowest BCUT2D eigenvalue weighted by atomic mass is 9.93. The SMILES string of the molecule is CCNC1CCN(C(=O)c2cc(CC)nn2CC)CC1C. The first-order valence-electron chi connectivity index (χ1n) is 8.20. The van der Waals surface area contributed by atoms with Crippen molar-refractivity contribution in [3.8, 4) is 0 Å². The maximum atomic E-state index is 12.8. The number of carbonyl (C=O) groups excluding carboxylic acids is 1. The smallest absolute Gasteiger partial charge is 0.272 e. The first-order valence-corrected chi connectivity index (χ1v) is 8.20. The van der Waals surface area contributed by atoms with Crippen molar-refractivity contribution in [1.29, 1.82) is 0 Å². The molecule has 1 aromatic rings. The fraction of sp³-hybridized carbons (Fsp3) is 0.750. The lowest BCUT2D eigenvalue weighted by Gasteiger charge is -2.37. The van der Waals surface area contributed by atoms with Crippen LogP contribution in [0.5, 0.6) is 0 Å². The van der Waals surface area contributed by atoms with Crippen molar-refractivity contribution < 1.29 is 4.79 Å². The van der Waals surface area contributed by atoms with Crippen molar-refractivity contribution in [2.24, 2.45) is 5.92 Å². The van der Waals surface area contributed by atoms with Gasteiger partial charge in [0.15, 0.2) is 0 Å². The minimum Gasteiger partial charge on any atom is -0.337 e. The van der Waals surface area contributed by atoms with E-state index in [4.69, 9.17) is 0 Å². The summed E-state index contributed by atoms with van der Waals surface area (Å²) >= 11 is 0. The second-order valence-electron chi connectivity index (χ2n) is 5.87. The van der Waals surface area contributed by atoms with E-state index < -0.39 is 0 Å². The predicted molar refractivity (Wildman–Crippen MR) is 84.4 cm³/mol. The number of nitrogens with zero attached hydrogens (tertiary/aromatic N) is 3. The average molecular weight is 292 g/mol. The molecule has 1 aromatic heterocycles. The summed E-state index contributed by atoms with van der Waals surface area (Å²) in [7, 11) is 0. The molecule has 1 amide bonds. The Hall–Kier alpha value is -1.36. The van der Waals surface area contributed by atoms with Crippen molar-refractivity contribution in [2.75, 3.05) is 19.6 Å². The van der Waals surface area contributed by atoms with Crippen LogP contribution < -0.4 is 5.32 Å². The van der Waals surface area contributed by atoms with Crippen LogP contribution in [0.25, 0.3) is 0 Å². The highest BCUT2D eigenvalue weighted by molar-refractivity contribution is 5.92. The van der Waals surface area contributed by atoms with Crippen molar-refractivity contribution in [1.82, 2.24) is 20.0 Å². The Morgan fingerprint density at radius 1 is 1.43 bits per heavy atom. The predicted octanol–water partition coefficient (Wildman–Crippen LogP) is 1.93. The first kappa shape index (κ1) is 16.0. The first-order chi connectivity index (χ1) is 10.1. The Balaban J connectivity index is 2.09. The highest BCUT2D eigenvalue weighted by Gasteiger charge is 2.30. The van der Waals surface area contributed by atoms with Gasteiger partial charge in [0.25, 0.3) is 5.91 Å². The van der Waals surface area contributed by atoms with E-state index in [1.54, 1.807) is 0 Å². The Bertz CT molecular complexity index is 483. The fourth-order valence-corrected chi connectivity index (χ4v) is 3.11. The summed E-state index contributed by atoms with van der Waals surface area (Å²) in [4.78, 5) is 14.8. The second-order valence-corrected chi connectivity index (χ2v) is 5.87. The van der Waals surface area contributed by atoms with Crippen LogP contribution in [0.2, 0.25) is 0 Å². The van der Waals surface area contributed by atoms with Crippen LogP contribution in [0.1, 0.15) is 50.3 Å². The topological polar surface area (TPSA) is 50.2 Å². The molecule has 0 aliphatic carbocycles. The Morgan fingerprint density at radius 2 is 2.19 bits per heavy atom. The summed E-state index contributed by atoms with van der Waals surface area (Å²) in [5.41, 5.74) is 1.74. The molecule has 1 saturated heterocycles. The van der Waals surface area contributed by atoms with Crippen LogP contribution in [0.15, 0.2) is 6.07 Å². The number of nitrogens with one attached hydrogen (secondary N) is 1. The van der Waals surface area contributed by atoms with Crippen LogP contribution in [0.3, 0.4) is 0 Å². The van der Waals surface area contributed by atoms with Gasteiger partial charge in [-0.15, -0.1) is 0 Å². The van der Waals surface area contributed by atoms with Gasteiger partial charge in [-0.1, -0.05) is 20.8 Å². The maximum absolute atomic E-state index is 12.8. The summed E-state index contributed by atoms with van der Waals surface area (Å²) < 4.78 is 1.84. The van der Waals surface area contributed by atoms with Crippen LogP contribution in [-0.4, -0.2) is 46.3 Å². The highest BCUT2D eigenvalue weighted by Crippen LogP contribution is 2.19. The number of aromatic nitrogens is 2. The molecule has 0 spiro atoms. The van der Waals surface area contributed by atoms with E-state index in [2.05, 4.69) is 31.2 Å². The van der Waals surface area contributed by atoms with Gasteiger partial charge in [-0.05, 0) is 38.3 Å². The molecule has 0 saturated carbocycles. The number of aryl methyl sites for hydroxylation is 2. The van der Waals surface area contributed by atoms with Gasteiger partial charge in [0.05, 0.1) is 5.69 Å². The number of piperidine rings is 1. The summed E-state index contributed by atoms with van der Waals surface area (Å²) in [5.74, 6) is 0.622. The molecule has 1 aliphatic rings. The van der Waals surface area contributed by atoms with Crippen molar-refractivity contribution >= 4 is 5.91 Å². The number of rotatable bonds is 5. The minimum absolute atomic E-state index is 0.130. The van der Waals surface area contributed by atoms with E-state index in [1.807, 2.05) is 22.6 Å². The lowest BCUT2D eigenvalue weighted by molar-refractivity contribution is 0.0634. The van der Waals surface area contributed by atoms with Crippen LogP contribution in [-0.2, 0) is 13.0 Å². The molecule has 2 unspecified atom stereocenters. The molecule has 0 bridgehead atoms. The Labute approximate surface area is 127 Å². The molecule has 0 radical (unpaired) electrons. The summed E-state index contributed by atoms with van der Waals surface area (Å²) in [5, 5.41) is 8.00. The van der Waals surface area contributed by atoms with Gasteiger partial charge in [-0.3, -0.25) is 9.48 Å². The van der Waals surface area contributed by atoms with Crippen LogP contribution >= 0.6 is 0 Å². The van der Waals surface area contributed by atoms with Gasteiger partial charge in [-0.2, -0.15) is 5.10 Å². The third kappa shape index (κ3) is 3.46. The van der Waals surface area contributed by atoms with E-state index in [0.717, 1.165) is 50.4 Å². The van der Waals surface area contributed by atoms with Gasteiger partial charge >= 0.3 is 0 Å². The average Bonchev–Trinajstić information content (AvgIpc) is 2.92. The third-order valence-electron chi connectivity index (χ3n) is 4.37. The van der Waals surface area contributed by atoms with E-state index in [9.17, 15) is 4.79 Å². The van der Waals surface area contributed by atoms with E-state index >= 15 is 0 Å². The Kier molecular flexibility index (Phi) is 5.39. The summed E-state index contributed by atoms with van der Waals surface area (Å²) in [6.45, 7) is 11.8. The number of carbonyl (C=O) groups is 1. The maximum Gasteiger partial charge on any atom is 0.272 e. The number of hydrogen-bond donors (Lipinski definition) is 1. The molecule has 5 heteroatoms. The molecule has 2 atom stereocenters. The van der Waals surface area contributed by atoms with Crippen molar-refractivity contribution in [3.63, 3.8) is 0 Å². The molecular weight excluding hydrogens is 264 g/mol. The zero-order valence-electron chi connectivity index (χ0n) is 13.7. The normalized spacial score (nSPS) is 22.6. The number of likely N-dealkylation sites (tertiary alicyclic amines) is 1. The molecule has 1 fully saturated rings. The van der Waals surface area contributed by atoms with Crippen LogP contribution in [0, 0.1) is 5.92 Å². The standard InChI is InChI=1S/C16H28N4O/c1-5-13-10-15(20(7-3)18-13)16(21)19-9-8-14(17-6-2)12(4)11-19/h10,12,14,17H,5-9,11H2,1-4H3. The molecule has 1 aliphatic heterocycles. The number of amides is 1. The van der Waals surface area contributed by atoms with Gasteiger partial charge in [0.2, 0.25) is 0 Å². The van der Waals surface area contributed by atoms with Gasteiger partial charge in [-0.25, -0.2) is 0 Å². The monoisotopic (exact) mass is 292 g/mol. The zero-order chi connectivity index (χ0) is 15.4. The summed E-state index contributed by atoms with van der Waals surface area (Å²) in [6, 6.07) is 2.48. The van der Waals surface area contributed by atoms with E-state index in [-0.39, 0.29) is 5.91 Å². The Morgan fingerprint density at radius 3 is 2.76 bits per heavy atom. The van der Waals surface area contributed by atoms with Gasteiger partial charge in [0.1, 0.15) is 5.69 Å². The van der Waals surface area contributed by atoms with Crippen molar-refractivity contribution in [2.45, 2.75) is 53.1 Å². The molecule has 118 valence electrons. The highest BCUT2D eigenvalue weighted by atomic mass is 16.2. The lowest BCUT2D eigenvalue weighted by Crippen LogP contribution is -2.50.